The van der Waals surface area contributed by atoms with Crippen LogP contribution in [0.1, 0.15) is 40.2 Å². The van der Waals surface area contributed by atoms with E-state index in [2.05, 4.69) is 11.4 Å². The van der Waals surface area contributed by atoms with Crippen LogP contribution in [0.2, 0.25) is 5.02 Å². The zero-order valence-corrected chi connectivity index (χ0v) is 27.7. The van der Waals surface area contributed by atoms with Crippen molar-refractivity contribution in [1.29, 1.82) is 5.26 Å². The lowest BCUT2D eigenvalue weighted by Crippen LogP contribution is -2.49. The Bertz CT molecular complexity index is 1710. The Labute approximate surface area is 272 Å². The van der Waals surface area contributed by atoms with E-state index >= 15 is 0 Å². The van der Waals surface area contributed by atoms with Gasteiger partial charge in [-0.3, -0.25) is 4.79 Å². The Balaban J connectivity index is 1.35. The fourth-order valence-electron chi connectivity index (χ4n) is 5.86. The number of anilines is 3. The van der Waals surface area contributed by atoms with Gasteiger partial charge >= 0.3 is 6.09 Å². The SMILES string of the molecule is CC1CN(c2nc(Nc3ccc4c(c3)cc(OCC3CN(C(=O)OC(C)(C)C)CCO3)c(=O)n4C)c(Cl)cc2C#N)CC(C)C1F. The molecule has 2 aromatic heterocycles. The van der Waals surface area contributed by atoms with Gasteiger partial charge < -0.3 is 33.9 Å². The average Bonchev–Trinajstić information content (AvgIpc) is 3.00. The minimum atomic E-state index is -0.920. The number of nitrogens with zero attached hydrogens (tertiary/aromatic N) is 5. The molecule has 46 heavy (non-hydrogen) atoms. The third kappa shape index (κ3) is 7.32. The fourth-order valence-corrected chi connectivity index (χ4v) is 6.06. The van der Waals surface area contributed by atoms with Gasteiger partial charge in [0, 0.05) is 49.6 Å². The Morgan fingerprint density at radius 3 is 2.59 bits per heavy atom. The summed E-state index contributed by atoms with van der Waals surface area (Å²) in [6.45, 7) is 11.1. The zero-order chi connectivity index (χ0) is 33.3. The Morgan fingerprint density at radius 2 is 1.91 bits per heavy atom. The number of pyridine rings is 2. The molecule has 1 amide bonds. The van der Waals surface area contributed by atoms with Crippen LogP contribution in [0.25, 0.3) is 10.9 Å². The summed E-state index contributed by atoms with van der Waals surface area (Å²) in [5, 5.41) is 14.0. The van der Waals surface area contributed by atoms with Gasteiger partial charge in [-0.2, -0.15) is 5.26 Å². The number of hydrogen-bond acceptors (Lipinski definition) is 9. The maximum atomic E-state index is 14.5. The Hall–Kier alpha value is -4.08. The standard InChI is InChI=1S/C33H40ClFN6O5/c1-19-15-41(16-20(2)28(19)35)30-22(14-36)12-25(34)29(38-30)37-23-7-8-26-21(11-23)13-27(31(42)39(26)6)45-18-24-17-40(9-10-44-24)32(43)46-33(3,4)5/h7-8,11-13,19-20,24,28H,9-10,15-18H2,1-6H3,(H,37,38). The molecule has 13 heteroatoms. The molecule has 0 bridgehead atoms. The molecule has 3 aromatic rings. The van der Waals surface area contributed by atoms with E-state index in [1.165, 1.54) is 4.57 Å². The quantitative estimate of drug-likeness (QED) is 0.359. The first-order valence-corrected chi connectivity index (χ1v) is 15.7. The van der Waals surface area contributed by atoms with Crippen molar-refractivity contribution in [1.82, 2.24) is 14.5 Å². The molecule has 2 aliphatic heterocycles. The number of aromatic nitrogens is 2. The van der Waals surface area contributed by atoms with Gasteiger partial charge in [0.05, 0.1) is 29.3 Å². The lowest BCUT2D eigenvalue weighted by atomic mass is 9.89. The molecule has 4 heterocycles. The van der Waals surface area contributed by atoms with E-state index in [-0.39, 0.29) is 41.3 Å². The molecule has 0 aliphatic carbocycles. The number of benzene rings is 1. The lowest BCUT2D eigenvalue weighted by Gasteiger charge is -2.38. The number of aryl methyl sites for hydroxylation is 1. The number of piperidine rings is 1. The first kappa shape index (κ1) is 33.3. The summed E-state index contributed by atoms with van der Waals surface area (Å²) >= 11 is 6.55. The summed E-state index contributed by atoms with van der Waals surface area (Å²) in [6, 6.07) is 10.9. The summed E-state index contributed by atoms with van der Waals surface area (Å²) in [6.07, 6.45) is -1.77. The summed E-state index contributed by atoms with van der Waals surface area (Å²) in [5.74, 6) is 0.529. The fraction of sp³-hybridized carbons (Fsp3) is 0.515. The van der Waals surface area contributed by atoms with Gasteiger partial charge in [0.2, 0.25) is 0 Å². The monoisotopic (exact) mass is 654 g/mol. The van der Waals surface area contributed by atoms with Crippen LogP contribution in [0.5, 0.6) is 5.75 Å². The Morgan fingerprint density at radius 1 is 1.20 bits per heavy atom. The molecule has 5 rings (SSSR count). The van der Waals surface area contributed by atoms with Crippen molar-refractivity contribution >= 4 is 45.9 Å². The molecule has 3 atom stereocenters. The molecule has 0 saturated carbocycles. The highest BCUT2D eigenvalue weighted by molar-refractivity contribution is 6.33. The number of nitrogens with one attached hydrogen (secondary N) is 1. The molecule has 0 radical (unpaired) electrons. The van der Waals surface area contributed by atoms with Crippen molar-refractivity contribution in [3.63, 3.8) is 0 Å². The molecule has 2 fully saturated rings. The molecule has 2 aliphatic rings. The maximum absolute atomic E-state index is 14.5. The number of rotatable bonds is 6. The second-order valence-electron chi connectivity index (χ2n) is 13.1. The van der Waals surface area contributed by atoms with E-state index in [1.54, 1.807) is 36.2 Å². The minimum Gasteiger partial charge on any atom is -0.485 e. The summed E-state index contributed by atoms with van der Waals surface area (Å²) in [5.41, 5.74) is 0.731. The number of alkyl halides is 1. The van der Waals surface area contributed by atoms with Crippen LogP contribution in [0.3, 0.4) is 0 Å². The van der Waals surface area contributed by atoms with Crippen LogP contribution >= 0.6 is 11.6 Å². The second-order valence-corrected chi connectivity index (χ2v) is 13.5. The highest BCUT2D eigenvalue weighted by Gasteiger charge is 2.34. The highest BCUT2D eigenvalue weighted by Crippen LogP contribution is 2.34. The topological polar surface area (TPSA) is 122 Å². The number of morpholine rings is 1. The molecule has 246 valence electrons. The molecule has 2 saturated heterocycles. The largest absolute Gasteiger partial charge is 0.485 e. The zero-order valence-electron chi connectivity index (χ0n) is 27.0. The number of carbonyl (C=O) groups is 1. The molecular formula is C33H40ClFN6O5. The van der Waals surface area contributed by atoms with Crippen LogP contribution in [0.4, 0.5) is 26.5 Å². The highest BCUT2D eigenvalue weighted by atomic mass is 35.5. The second kappa shape index (κ2) is 13.3. The molecule has 1 N–H and O–H groups in total. The van der Waals surface area contributed by atoms with Crippen molar-refractivity contribution in [2.24, 2.45) is 18.9 Å². The smallest absolute Gasteiger partial charge is 0.410 e. The third-order valence-corrected chi connectivity index (χ3v) is 8.44. The number of amides is 1. The van der Waals surface area contributed by atoms with Gasteiger partial charge in [-0.15, -0.1) is 0 Å². The number of halogens is 2. The van der Waals surface area contributed by atoms with E-state index in [9.17, 15) is 19.2 Å². The molecule has 1 aromatic carbocycles. The van der Waals surface area contributed by atoms with Crippen molar-refractivity contribution in [3.8, 4) is 11.8 Å². The van der Waals surface area contributed by atoms with E-state index in [4.69, 9.17) is 30.8 Å². The van der Waals surface area contributed by atoms with Crippen molar-refractivity contribution in [3.05, 3.63) is 51.3 Å². The van der Waals surface area contributed by atoms with E-state index in [1.807, 2.05) is 45.6 Å². The van der Waals surface area contributed by atoms with Crippen LogP contribution in [0.15, 0.2) is 35.1 Å². The van der Waals surface area contributed by atoms with E-state index in [0.717, 1.165) is 5.39 Å². The summed E-state index contributed by atoms with van der Waals surface area (Å²) in [7, 11) is 1.67. The number of fused-ring (bicyclic) bond motifs is 1. The van der Waals surface area contributed by atoms with Gasteiger partial charge in [-0.1, -0.05) is 25.4 Å². The van der Waals surface area contributed by atoms with Crippen LogP contribution < -0.4 is 20.5 Å². The lowest BCUT2D eigenvalue weighted by molar-refractivity contribution is -0.0558. The van der Waals surface area contributed by atoms with Crippen LogP contribution in [-0.2, 0) is 16.5 Å². The maximum Gasteiger partial charge on any atom is 0.410 e. The van der Waals surface area contributed by atoms with Gasteiger partial charge in [0.15, 0.2) is 11.6 Å². The molecule has 3 unspecified atom stereocenters. The minimum absolute atomic E-state index is 0.0718. The predicted molar refractivity (Wildman–Crippen MR) is 175 cm³/mol. The van der Waals surface area contributed by atoms with Gasteiger partial charge in [0.25, 0.3) is 5.56 Å². The molecule has 0 spiro atoms. The summed E-state index contributed by atoms with van der Waals surface area (Å²) < 4.78 is 33.3. The van der Waals surface area contributed by atoms with Crippen molar-refractivity contribution in [2.75, 3.05) is 49.6 Å². The van der Waals surface area contributed by atoms with Gasteiger partial charge in [-0.05, 0) is 51.1 Å². The average molecular weight is 655 g/mol. The van der Waals surface area contributed by atoms with Crippen molar-refractivity contribution < 1.29 is 23.4 Å². The predicted octanol–water partition coefficient (Wildman–Crippen LogP) is 5.65. The van der Waals surface area contributed by atoms with E-state index in [0.29, 0.717) is 54.6 Å². The number of carbonyl (C=O) groups excluding carboxylic acids is 1. The van der Waals surface area contributed by atoms with Gasteiger partial charge in [-0.25, -0.2) is 14.2 Å². The van der Waals surface area contributed by atoms with Gasteiger partial charge in [0.1, 0.15) is 36.4 Å². The number of ether oxygens (including phenoxy) is 3. The number of nitriles is 1. The summed E-state index contributed by atoms with van der Waals surface area (Å²) in [4.78, 5) is 33.9. The normalized spacial score (nSPS) is 22.0. The third-order valence-electron chi connectivity index (χ3n) is 8.15. The Kier molecular flexibility index (Phi) is 9.65. The van der Waals surface area contributed by atoms with Crippen LogP contribution in [-0.4, -0.2) is 77.8 Å². The van der Waals surface area contributed by atoms with E-state index < -0.39 is 24.0 Å². The first-order chi connectivity index (χ1) is 21.7. The molecule has 11 nitrogen and oxygen atoms in total. The number of hydrogen-bond donors (Lipinski definition) is 1. The van der Waals surface area contributed by atoms with Crippen LogP contribution in [0, 0.1) is 23.2 Å². The molecular weight excluding hydrogens is 615 g/mol. The van der Waals surface area contributed by atoms with Crippen molar-refractivity contribution in [2.45, 2.75) is 52.5 Å². The first-order valence-electron chi connectivity index (χ1n) is 15.4.